The number of halogens is 2. The highest BCUT2D eigenvalue weighted by atomic mass is 32.2. The highest BCUT2D eigenvalue weighted by molar-refractivity contribution is 7.89. The fraction of sp³-hybridized carbons (Fsp3) is 0.405. The number of nitrogens with zero attached hydrogens (tertiary/aromatic N) is 1. The van der Waals surface area contributed by atoms with Gasteiger partial charge in [-0.2, -0.15) is 4.31 Å². The largest absolute Gasteiger partial charge is 0.466 e. The highest BCUT2D eigenvalue weighted by Gasteiger charge is 2.33. The Bertz CT molecular complexity index is 1780. The number of ether oxygens (including phenoxy) is 2. The van der Waals surface area contributed by atoms with Crippen LogP contribution in [0, 0.1) is 24.5 Å². The molecule has 0 spiro atoms. The van der Waals surface area contributed by atoms with Crippen LogP contribution >= 0.6 is 0 Å². The molecule has 3 aromatic rings. The van der Waals surface area contributed by atoms with Crippen LogP contribution in [0.2, 0.25) is 0 Å². The van der Waals surface area contributed by atoms with Gasteiger partial charge in [-0.3, -0.25) is 4.79 Å². The van der Waals surface area contributed by atoms with Crippen molar-refractivity contribution in [3.8, 4) is 0 Å². The predicted octanol–water partition coefficient (Wildman–Crippen LogP) is 7.28. The van der Waals surface area contributed by atoms with Crippen molar-refractivity contribution in [2.24, 2.45) is 5.92 Å². The number of amides is 1. The molecule has 0 aliphatic carbocycles. The van der Waals surface area contributed by atoms with Crippen molar-refractivity contribution in [1.82, 2.24) is 9.62 Å². The third-order valence-electron chi connectivity index (χ3n) is 8.00. The molecular weight excluding hydrogens is 638 g/mol. The maximum absolute atomic E-state index is 15.0. The lowest BCUT2D eigenvalue weighted by Gasteiger charge is -2.25. The summed E-state index contributed by atoms with van der Waals surface area (Å²) in [5.74, 6) is -2.80. The lowest BCUT2D eigenvalue weighted by atomic mass is 9.86. The first kappa shape index (κ1) is 36.7. The summed E-state index contributed by atoms with van der Waals surface area (Å²) in [6.45, 7) is 11.7. The van der Waals surface area contributed by atoms with Crippen LogP contribution < -0.4 is 5.32 Å². The second-order valence-electron chi connectivity index (χ2n) is 13.2. The van der Waals surface area contributed by atoms with E-state index in [4.69, 9.17) is 9.47 Å². The van der Waals surface area contributed by atoms with E-state index in [9.17, 15) is 22.4 Å². The van der Waals surface area contributed by atoms with E-state index >= 15 is 4.39 Å². The maximum Gasteiger partial charge on any atom is 0.407 e. The van der Waals surface area contributed by atoms with Crippen molar-refractivity contribution in [3.05, 3.63) is 106 Å². The Hall–Kier alpha value is -4.09. The molecule has 1 aliphatic heterocycles. The van der Waals surface area contributed by atoms with E-state index in [1.165, 1.54) is 10.4 Å². The Morgan fingerprint density at radius 3 is 2.52 bits per heavy atom. The van der Waals surface area contributed by atoms with Crippen LogP contribution in [-0.2, 0) is 37.3 Å². The van der Waals surface area contributed by atoms with Crippen LogP contribution in [0.5, 0.6) is 0 Å². The van der Waals surface area contributed by atoms with Gasteiger partial charge >= 0.3 is 12.1 Å². The Balaban J connectivity index is 1.60. The Kier molecular flexibility index (Phi) is 11.8. The SMILES string of the molecule is CCOC(=O)CC(c1ccc(C)c(CN2CC(C)Cc3cc(C=CCNC(=O)OC(C)(C)C)ccc3S2(=O)=O)c1)c1ccc(F)cc1F. The smallest absolute Gasteiger partial charge is 0.407 e. The van der Waals surface area contributed by atoms with Crippen molar-refractivity contribution in [1.29, 1.82) is 0 Å². The minimum absolute atomic E-state index is 0.00227. The second kappa shape index (κ2) is 15.4. The van der Waals surface area contributed by atoms with E-state index in [1.54, 1.807) is 58.0 Å². The predicted molar refractivity (Wildman–Crippen MR) is 181 cm³/mol. The fourth-order valence-electron chi connectivity index (χ4n) is 5.79. The van der Waals surface area contributed by atoms with Crippen LogP contribution in [0.3, 0.4) is 0 Å². The number of hydrogen-bond donors (Lipinski definition) is 1. The van der Waals surface area contributed by atoms with Crippen molar-refractivity contribution in [2.45, 2.75) is 77.3 Å². The van der Waals surface area contributed by atoms with Gasteiger partial charge in [0.15, 0.2) is 0 Å². The first-order valence-electron chi connectivity index (χ1n) is 16.0. The molecule has 0 saturated carbocycles. The molecule has 1 heterocycles. The van der Waals surface area contributed by atoms with Gasteiger partial charge < -0.3 is 14.8 Å². The van der Waals surface area contributed by atoms with E-state index in [0.29, 0.717) is 23.1 Å². The quantitative estimate of drug-likeness (QED) is 0.226. The van der Waals surface area contributed by atoms with Gasteiger partial charge in [-0.15, -0.1) is 0 Å². The van der Waals surface area contributed by atoms with Crippen LogP contribution in [0.15, 0.2) is 65.6 Å². The number of aryl methyl sites for hydroxylation is 1. The summed E-state index contributed by atoms with van der Waals surface area (Å²) >= 11 is 0. The number of rotatable bonds is 10. The lowest BCUT2D eigenvalue weighted by molar-refractivity contribution is -0.143. The molecule has 0 fully saturated rings. The summed E-state index contributed by atoms with van der Waals surface area (Å²) in [5, 5.41) is 2.67. The number of carbonyl (C=O) groups excluding carboxylic acids is 2. The van der Waals surface area contributed by atoms with Crippen molar-refractivity contribution in [2.75, 3.05) is 19.7 Å². The zero-order valence-electron chi connectivity index (χ0n) is 28.3. The molecular formula is C37H44F2N2O6S. The lowest BCUT2D eigenvalue weighted by Crippen LogP contribution is -2.33. The van der Waals surface area contributed by atoms with Gasteiger partial charge in [0.1, 0.15) is 17.2 Å². The minimum Gasteiger partial charge on any atom is -0.466 e. The van der Waals surface area contributed by atoms with Crippen molar-refractivity contribution < 1.29 is 36.3 Å². The van der Waals surface area contributed by atoms with Gasteiger partial charge in [0.05, 0.1) is 17.9 Å². The van der Waals surface area contributed by atoms with E-state index in [2.05, 4.69) is 5.32 Å². The summed E-state index contributed by atoms with van der Waals surface area (Å²) in [6.07, 6.45) is 3.46. The van der Waals surface area contributed by atoms with Crippen LogP contribution in [0.4, 0.5) is 13.6 Å². The Morgan fingerprint density at radius 1 is 1.08 bits per heavy atom. The summed E-state index contributed by atoms with van der Waals surface area (Å²) in [6, 6.07) is 13.9. The van der Waals surface area contributed by atoms with Gasteiger partial charge in [0.2, 0.25) is 10.0 Å². The summed E-state index contributed by atoms with van der Waals surface area (Å²) in [5.41, 5.74) is 3.19. The minimum atomic E-state index is -3.90. The van der Waals surface area contributed by atoms with Crippen LogP contribution in [0.25, 0.3) is 6.08 Å². The van der Waals surface area contributed by atoms with E-state index in [-0.39, 0.29) is 49.0 Å². The topological polar surface area (TPSA) is 102 Å². The molecule has 0 saturated heterocycles. The van der Waals surface area contributed by atoms with E-state index in [1.807, 2.05) is 32.1 Å². The molecule has 2 atom stereocenters. The molecule has 3 aromatic carbocycles. The molecule has 1 amide bonds. The first-order chi connectivity index (χ1) is 22.6. The zero-order chi connectivity index (χ0) is 35.2. The molecule has 0 bridgehead atoms. The molecule has 1 aliphatic rings. The summed E-state index contributed by atoms with van der Waals surface area (Å²) in [7, 11) is -3.90. The second-order valence-corrected chi connectivity index (χ2v) is 15.1. The molecule has 0 radical (unpaired) electrons. The number of nitrogens with one attached hydrogen (secondary N) is 1. The average Bonchev–Trinajstić information content (AvgIpc) is 3.07. The van der Waals surface area contributed by atoms with Gasteiger partial charge in [-0.1, -0.05) is 55.5 Å². The number of carbonyl (C=O) groups is 2. The highest BCUT2D eigenvalue weighted by Crippen LogP contribution is 2.34. The standard InChI is InChI=1S/C37H44F2N2O6S/c1-7-46-35(42)21-32(31-14-13-30(38)20-33(31)39)27-12-10-25(3)29(19-27)23-41-22-24(2)17-28-18-26(11-15-34(28)48(41,44)45)9-8-16-40-36(43)47-37(4,5)6/h8-15,18-20,24,32H,7,16-17,21-23H2,1-6H3,(H,40,43). The molecule has 8 nitrogen and oxygen atoms in total. The van der Waals surface area contributed by atoms with E-state index < -0.39 is 45.2 Å². The van der Waals surface area contributed by atoms with Crippen molar-refractivity contribution in [3.63, 3.8) is 0 Å². The molecule has 11 heteroatoms. The monoisotopic (exact) mass is 682 g/mol. The van der Waals surface area contributed by atoms with Gasteiger partial charge in [0, 0.05) is 31.6 Å². The number of esters is 1. The third kappa shape index (κ3) is 9.50. The average molecular weight is 683 g/mol. The molecule has 4 rings (SSSR count). The molecule has 48 heavy (non-hydrogen) atoms. The number of fused-ring (bicyclic) bond motifs is 1. The van der Waals surface area contributed by atoms with Crippen molar-refractivity contribution >= 4 is 28.2 Å². The number of alkyl carbamates (subject to hydrolysis) is 1. The Morgan fingerprint density at radius 2 is 1.83 bits per heavy atom. The first-order valence-corrected chi connectivity index (χ1v) is 17.5. The molecule has 0 aromatic heterocycles. The van der Waals surface area contributed by atoms with Gasteiger partial charge in [-0.05, 0) is 92.5 Å². The third-order valence-corrected chi connectivity index (χ3v) is 9.91. The summed E-state index contributed by atoms with van der Waals surface area (Å²) in [4.78, 5) is 24.7. The fourth-order valence-corrected chi connectivity index (χ4v) is 7.54. The summed E-state index contributed by atoms with van der Waals surface area (Å²) < 4.78 is 68.8. The van der Waals surface area contributed by atoms with E-state index in [0.717, 1.165) is 23.3 Å². The number of hydrogen-bond acceptors (Lipinski definition) is 6. The van der Waals surface area contributed by atoms with Gasteiger partial charge in [0.25, 0.3) is 0 Å². The number of sulfonamides is 1. The normalized spacial score (nSPS) is 17.0. The van der Waals surface area contributed by atoms with Crippen LogP contribution in [-0.4, -0.2) is 50.1 Å². The zero-order valence-corrected chi connectivity index (χ0v) is 29.1. The Labute approximate surface area is 282 Å². The molecule has 1 N–H and O–H groups in total. The van der Waals surface area contributed by atoms with Crippen LogP contribution in [0.1, 0.15) is 80.3 Å². The maximum atomic E-state index is 15.0. The number of benzene rings is 3. The van der Waals surface area contributed by atoms with Gasteiger partial charge in [-0.25, -0.2) is 22.0 Å². The molecule has 2 unspecified atom stereocenters. The molecule has 258 valence electrons.